The molecule has 0 aliphatic carbocycles. The lowest BCUT2D eigenvalue weighted by atomic mass is 10.1. The third-order valence-corrected chi connectivity index (χ3v) is 3.54. The second kappa shape index (κ2) is 4.96. The number of rotatable bonds is 3. The second-order valence-electron chi connectivity index (χ2n) is 4.62. The Bertz CT molecular complexity index is 382. The lowest BCUT2D eigenvalue weighted by Crippen LogP contribution is -2.38. The number of nitrogens with two attached hydrogens (primary N) is 1. The minimum absolute atomic E-state index is 0.506. The molecule has 0 spiro atoms. The van der Waals surface area contributed by atoms with Gasteiger partial charge < -0.3 is 15.4 Å². The first-order valence-electron chi connectivity index (χ1n) is 6.27. The molecule has 0 atom stereocenters. The van der Waals surface area contributed by atoms with Crippen LogP contribution < -0.4 is 10.6 Å². The summed E-state index contributed by atoms with van der Waals surface area (Å²) in [5, 5.41) is 4.46. The van der Waals surface area contributed by atoms with Crippen molar-refractivity contribution < 1.29 is 4.74 Å². The van der Waals surface area contributed by atoms with Gasteiger partial charge in [0, 0.05) is 33.4 Å². The van der Waals surface area contributed by atoms with E-state index in [0.717, 1.165) is 49.7 Å². The number of hydrogen-bond donors (Lipinski definition) is 1. The summed E-state index contributed by atoms with van der Waals surface area (Å²) in [6.07, 6.45) is 2.99. The van der Waals surface area contributed by atoms with Crippen LogP contribution in [0.2, 0.25) is 0 Å². The Hall–Kier alpha value is -1.23. The lowest BCUT2D eigenvalue weighted by molar-refractivity contribution is 0.0852. The molecule has 1 aromatic rings. The van der Waals surface area contributed by atoms with Gasteiger partial charge in [-0.1, -0.05) is 6.92 Å². The molecule has 0 bridgehead atoms. The van der Waals surface area contributed by atoms with Gasteiger partial charge in [-0.3, -0.25) is 4.68 Å². The molecule has 96 valence electrons. The summed E-state index contributed by atoms with van der Waals surface area (Å²) in [6, 6.07) is 0.506. The molecule has 5 heteroatoms. The zero-order chi connectivity index (χ0) is 12.4. The van der Waals surface area contributed by atoms with Crippen LogP contribution in [0.3, 0.4) is 0 Å². The van der Waals surface area contributed by atoms with Crippen LogP contribution in [0.4, 0.5) is 11.5 Å². The fourth-order valence-electron chi connectivity index (χ4n) is 2.51. The third kappa shape index (κ3) is 2.24. The predicted octanol–water partition coefficient (Wildman–Crippen LogP) is 1.18. The van der Waals surface area contributed by atoms with Gasteiger partial charge in [0.15, 0.2) is 0 Å². The Kier molecular flexibility index (Phi) is 3.57. The maximum atomic E-state index is 6.17. The Morgan fingerprint density at radius 2 is 2.12 bits per heavy atom. The van der Waals surface area contributed by atoms with E-state index in [1.165, 1.54) is 0 Å². The number of hydrogen-bond acceptors (Lipinski definition) is 4. The summed E-state index contributed by atoms with van der Waals surface area (Å²) < 4.78 is 7.28. The molecular weight excluding hydrogens is 216 g/mol. The molecule has 2 rings (SSSR count). The molecule has 1 aromatic heterocycles. The van der Waals surface area contributed by atoms with E-state index in [2.05, 4.69) is 24.0 Å². The minimum Gasteiger partial charge on any atom is -0.394 e. The predicted molar refractivity (Wildman–Crippen MR) is 69.2 cm³/mol. The van der Waals surface area contributed by atoms with Crippen LogP contribution in [-0.4, -0.2) is 36.1 Å². The highest BCUT2D eigenvalue weighted by molar-refractivity contribution is 5.66. The van der Waals surface area contributed by atoms with Gasteiger partial charge in [0.05, 0.1) is 11.4 Å². The van der Waals surface area contributed by atoms with E-state index in [0.29, 0.717) is 6.04 Å². The smallest absolute Gasteiger partial charge is 0.150 e. The highest BCUT2D eigenvalue weighted by atomic mass is 16.5. The molecule has 2 N–H and O–H groups in total. The van der Waals surface area contributed by atoms with Gasteiger partial charge in [0.1, 0.15) is 5.82 Å². The van der Waals surface area contributed by atoms with Crippen molar-refractivity contribution in [3.05, 3.63) is 5.69 Å². The van der Waals surface area contributed by atoms with Gasteiger partial charge >= 0.3 is 0 Å². The molecule has 1 aliphatic rings. The van der Waals surface area contributed by atoms with Crippen molar-refractivity contribution in [3.63, 3.8) is 0 Å². The van der Waals surface area contributed by atoms with Gasteiger partial charge in [-0.05, 0) is 19.3 Å². The largest absolute Gasteiger partial charge is 0.394 e. The lowest BCUT2D eigenvalue weighted by Gasteiger charge is -2.32. The average molecular weight is 238 g/mol. The Morgan fingerprint density at radius 1 is 1.47 bits per heavy atom. The van der Waals surface area contributed by atoms with Gasteiger partial charge in [-0.25, -0.2) is 0 Å². The van der Waals surface area contributed by atoms with Crippen molar-refractivity contribution in [2.75, 3.05) is 30.9 Å². The quantitative estimate of drug-likeness (QED) is 0.859. The molecule has 1 fully saturated rings. The van der Waals surface area contributed by atoms with E-state index >= 15 is 0 Å². The number of aryl methyl sites for hydroxylation is 2. The normalized spacial score (nSPS) is 17.4. The Labute approximate surface area is 103 Å². The summed E-state index contributed by atoms with van der Waals surface area (Å²) >= 11 is 0. The molecule has 5 nitrogen and oxygen atoms in total. The van der Waals surface area contributed by atoms with Gasteiger partial charge in [0.2, 0.25) is 0 Å². The standard InChI is InChI=1S/C12H22N4O/c1-4-10-11(13)12(16(3)14-10)15(2)9-5-7-17-8-6-9/h9H,4-8,13H2,1-3H3. The Morgan fingerprint density at radius 3 is 2.65 bits per heavy atom. The zero-order valence-corrected chi connectivity index (χ0v) is 10.9. The van der Waals surface area contributed by atoms with Crippen LogP contribution in [0.5, 0.6) is 0 Å². The molecule has 0 unspecified atom stereocenters. The number of nitrogens with zero attached hydrogens (tertiary/aromatic N) is 3. The van der Waals surface area contributed by atoms with Crippen LogP contribution in [0.1, 0.15) is 25.5 Å². The summed E-state index contributed by atoms with van der Waals surface area (Å²) in [5.41, 5.74) is 7.98. The van der Waals surface area contributed by atoms with E-state index in [4.69, 9.17) is 10.5 Å². The number of nitrogen functional groups attached to an aromatic ring is 1. The number of anilines is 2. The molecule has 17 heavy (non-hydrogen) atoms. The monoisotopic (exact) mass is 238 g/mol. The highest BCUT2D eigenvalue weighted by Gasteiger charge is 2.24. The van der Waals surface area contributed by atoms with E-state index in [1.54, 1.807) is 0 Å². The van der Waals surface area contributed by atoms with Crippen molar-refractivity contribution >= 4 is 11.5 Å². The molecule has 1 aliphatic heterocycles. The number of aromatic nitrogens is 2. The molecule has 0 saturated carbocycles. The molecule has 1 saturated heterocycles. The average Bonchev–Trinajstić information content (AvgIpc) is 2.64. The molecule has 2 heterocycles. The minimum atomic E-state index is 0.506. The fourth-order valence-corrected chi connectivity index (χ4v) is 2.51. The molecule has 0 aromatic carbocycles. The fraction of sp³-hybridized carbons (Fsp3) is 0.750. The van der Waals surface area contributed by atoms with Crippen molar-refractivity contribution in [2.45, 2.75) is 32.2 Å². The van der Waals surface area contributed by atoms with E-state index < -0.39 is 0 Å². The maximum absolute atomic E-state index is 6.17. The highest BCUT2D eigenvalue weighted by Crippen LogP contribution is 2.29. The Balaban J connectivity index is 2.23. The van der Waals surface area contributed by atoms with Crippen LogP contribution >= 0.6 is 0 Å². The molecule has 0 amide bonds. The van der Waals surface area contributed by atoms with Gasteiger partial charge in [-0.15, -0.1) is 0 Å². The van der Waals surface area contributed by atoms with Gasteiger partial charge in [0.25, 0.3) is 0 Å². The van der Waals surface area contributed by atoms with Crippen LogP contribution in [0.15, 0.2) is 0 Å². The van der Waals surface area contributed by atoms with E-state index in [9.17, 15) is 0 Å². The zero-order valence-electron chi connectivity index (χ0n) is 10.9. The maximum Gasteiger partial charge on any atom is 0.150 e. The second-order valence-corrected chi connectivity index (χ2v) is 4.62. The summed E-state index contributed by atoms with van der Waals surface area (Å²) in [5.74, 6) is 1.04. The van der Waals surface area contributed by atoms with Crippen LogP contribution in [-0.2, 0) is 18.2 Å². The van der Waals surface area contributed by atoms with Crippen LogP contribution in [0, 0.1) is 0 Å². The van der Waals surface area contributed by atoms with Crippen molar-refractivity contribution in [1.29, 1.82) is 0 Å². The third-order valence-electron chi connectivity index (χ3n) is 3.54. The van der Waals surface area contributed by atoms with Crippen molar-refractivity contribution in [1.82, 2.24) is 9.78 Å². The first-order valence-corrected chi connectivity index (χ1v) is 6.27. The number of ether oxygens (including phenoxy) is 1. The SMILES string of the molecule is CCc1nn(C)c(N(C)C2CCOCC2)c1N. The summed E-state index contributed by atoms with van der Waals surface area (Å²) in [7, 11) is 4.06. The topological polar surface area (TPSA) is 56.3 Å². The molecular formula is C12H22N4O. The van der Waals surface area contributed by atoms with Crippen LogP contribution in [0.25, 0.3) is 0 Å². The first-order chi connectivity index (χ1) is 8.15. The van der Waals surface area contributed by atoms with Gasteiger partial charge in [-0.2, -0.15) is 5.10 Å². The summed E-state index contributed by atoms with van der Waals surface area (Å²) in [6.45, 7) is 3.76. The first kappa shape index (κ1) is 12.2. The van der Waals surface area contributed by atoms with E-state index in [-0.39, 0.29) is 0 Å². The van der Waals surface area contributed by atoms with Crippen molar-refractivity contribution in [3.8, 4) is 0 Å². The molecule has 0 radical (unpaired) electrons. The van der Waals surface area contributed by atoms with Crippen molar-refractivity contribution in [2.24, 2.45) is 7.05 Å². The summed E-state index contributed by atoms with van der Waals surface area (Å²) in [4.78, 5) is 2.25. The van der Waals surface area contributed by atoms with E-state index in [1.807, 2.05) is 11.7 Å².